The van der Waals surface area contributed by atoms with Crippen LogP contribution in [0.25, 0.3) is 11.1 Å². The molecule has 0 atom stereocenters. The molecule has 0 spiro atoms. The Kier molecular flexibility index (Phi) is 3.05. The van der Waals surface area contributed by atoms with Crippen LogP contribution < -0.4 is 0 Å². The van der Waals surface area contributed by atoms with E-state index in [1.54, 1.807) is 30.3 Å². The first-order chi connectivity index (χ1) is 8.59. The average Bonchev–Trinajstić information content (AvgIpc) is 2.39. The molecule has 0 aliphatic rings. The van der Waals surface area contributed by atoms with E-state index in [1.165, 1.54) is 18.2 Å². The average molecular weight is 243 g/mol. The minimum absolute atomic E-state index is 0.0416. The molecule has 0 aliphatic heterocycles. The number of nitro benzene ring substituents is 1. The van der Waals surface area contributed by atoms with E-state index >= 15 is 0 Å². The van der Waals surface area contributed by atoms with E-state index < -0.39 is 10.9 Å². The summed E-state index contributed by atoms with van der Waals surface area (Å²) in [6.45, 7) is 0. The second kappa shape index (κ2) is 4.67. The Morgan fingerprint density at radius 3 is 2.50 bits per heavy atom. The summed E-state index contributed by atoms with van der Waals surface area (Å²) in [6.07, 6.45) is 0. The molecule has 0 aliphatic carbocycles. The molecule has 2 aromatic carbocycles. The Morgan fingerprint density at radius 1 is 1.11 bits per heavy atom. The number of para-hydroxylation sites is 1. The monoisotopic (exact) mass is 243 g/mol. The van der Waals surface area contributed by atoms with Crippen molar-refractivity contribution < 1.29 is 14.8 Å². The van der Waals surface area contributed by atoms with Crippen molar-refractivity contribution in [3.05, 3.63) is 64.2 Å². The predicted octanol–water partition coefficient (Wildman–Crippen LogP) is 2.96. The maximum atomic E-state index is 10.9. The van der Waals surface area contributed by atoms with Gasteiger partial charge in [-0.3, -0.25) is 10.1 Å². The van der Waals surface area contributed by atoms with Gasteiger partial charge in [-0.15, -0.1) is 0 Å². The Hall–Kier alpha value is -2.69. The quantitative estimate of drug-likeness (QED) is 0.663. The fraction of sp³-hybridized carbons (Fsp3) is 0. The number of hydrogen-bond donors (Lipinski definition) is 1. The number of aromatic carboxylic acids is 1. The van der Waals surface area contributed by atoms with Crippen LogP contribution in [0.5, 0.6) is 0 Å². The summed E-state index contributed by atoms with van der Waals surface area (Å²) in [7, 11) is 0. The van der Waals surface area contributed by atoms with Crippen molar-refractivity contribution in [1.82, 2.24) is 0 Å². The molecule has 0 amide bonds. The molecule has 18 heavy (non-hydrogen) atoms. The van der Waals surface area contributed by atoms with Crippen molar-refractivity contribution in [3.8, 4) is 11.1 Å². The number of carbonyl (C=O) groups is 1. The van der Waals surface area contributed by atoms with Crippen LogP contribution in [-0.4, -0.2) is 16.0 Å². The summed E-state index contributed by atoms with van der Waals surface area (Å²) < 4.78 is 0. The fourth-order valence-electron chi connectivity index (χ4n) is 1.70. The van der Waals surface area contributed by atoms with Gasteiger partial charge in [0.15, 0.2) is 0 Å². The molecule has 5 nitrogen and oxygen atoms in total. The van der Waals surface area contributed by atoms with Crippen molar-refractivity contribution in [3.63, 3.8) is 0 Å². The van der Waals surface area contributed by atoms with Crippen LogP contribution in [0.2, 0.25) is 0 Å². The molecule has 0 saturated carbocycles. The zero-order chi connectivity index (χ0) is 13.1. The predicted molar refractivity (Wildman–Crippen MR) is 65.5 cm³/mol. The number of hydrogen-bond acceptors (Lipinski definition) is 3. The SMILES string of the molecule is O=C(O)c1cccc(-c2ccccc2[N+](=O)[O-])c1. The van der Waals surface area contributed by atoms with Crippen molar-refractivity contribution in [2.24, 2.45) is 0 Å². The largest absolute Gasteiger partial charge is 0.478 e. The van der Waals surface area contributed by atoms with Gasteiger partial charge in [-0.05, 0) is 23.8 Å². The molecule has 0 heterocycles. The molecule has 2 rings (SSSR count). The number of carboxylic acid groups (broad SMARTS) is 1. The Labute approximate surface area is 102 Å². The second-order valence-corrected chi connectivity index (χ2v) is 3.66. The van der Waals surface area contributed by atoms with E-state index in [0.29, 0.717) is 11.1 Å². The van der Waals surface area contributed by atoms with Crippen LogP contribution in [0.1, 0.15) is 10.4 Å². The summed E-state index contributed by atoms with van der Waals surface area (Å²) in [5.74, 6) is -1.06. The molecule has 90 valence electrons. The highest BCUT2D eigenvalue weighted by Crippen LogP contribution is 2.29. The zero-order valence-electron chi connectivity index (χ0n) is 9.24. The van der Waals surface area contributed by atoms with Gasteiger partial charge in [0.1, 0.15) is 0 Å². The van der Waals surface area contributed by atoms with Crippen LogP contribution >= 0.6 is 0 Å². The van der Waals surface area contributed by atoms with Gasteiger partial charge in [0.25, 0.3) is 5.69 Å². The molecule has 0 aromatic heterocycles. The van der Waals surface area contributed by atoms with Crippen molar-refractivity contribution in [2.75, 3.05) is 0 Å². The van der Waals surface area contributed by atoms with Crippen molar-refractivity contribution in [2.45, 2.75) is 0 Å². The number of rotatable bonds is 3. The Bertz CT molecular complexity index is 622. The van der Waals surface area contributed by atoms with E-state index in [2.05, 4.69) is 0 Å². The first-order valence-electron chi connectivity index (χ1n) is 5.17. The molecule has 0 unspecified atom stereocenters. The third kappa shape index (κ3) is 2.20. The fourth-order valence-corrected chi connectivity index (χ4v) is 1.70. The van der Waals surface area contributed by atoms with E-state index in [9.17, 15) is 14.9 Å². The third-order valence-electron chi connectivity index (χ3n) is 2.52. The van der Waals surface area contributed by atoms with Crippen LogP contribution in [0.3, 0.4) is 0 Å². The minimum atomic E-state index is -1.06. The van der Waals surface area contributed by atoms with E-state index in [4.69, 9.17) is 5.11 Å². The van der Waals surface area contributed by atoms with Gasteiger partial charge in [-0.1, -0.05) is 24.3 Å². The molecule has 0 fully saturated rings. The summed E-state index contributed by atoms with van der Waals surface area (Å²) in [6, 6.07) is 12.3. The van der Waals surface area contributed by atoms with Crippen LogP contribution in [-0.2, 0) is 0 Å². The van der Waals surface area contributed by atoms with Gasteiger partial charge in [-0.2, -0.15) is 0 Å². The lowest BCUT2D eigenvalue weighted by Crippen LogP contribution is -1.97. The molecule has 2 aromatic rings. The highest BCUT2D eigenvalue weighted by atomic mass is 16.6. The van der Waals surface area contributed by atoms with Crippen LogP contribution in [0, 0.1) is 10.1 Å². The summed E-state index contributed by atoms with van der Waals surface area (Å²) in [5, 5.41) is 19.8. The molecular weight excluding hydrogens is 234 g/mol. The maximum absolute atomic E-state index is 10.9. The first kappa shape index (κ1) is 11.8. The Morgan fingerprint density at radius 2 is 1.83 bits per heavy atom. The molecular formula is C13H9NO4. The molecule has 0 saturated heterocycles. The zero-order valence-corrected chi connectivity index (χ0v) is 9.24. The molecule has 0 bridgehead atoms. The minimum Gasteiger partial charge on any atom is -0.478 e. The molecule has 5 heteroatoms. The normalized spacial score (nSPS) is 10.0. The van der Waals surface area contributed by atoms with Crippen LogP contribution in [0.15, 0.2) is 48.5 Å². The van der Waals surface area contributed by atoms with Crippen molar-refractivity contribution in [1.29, 1.82) is 0 Å². The van der Waals surface area contributed by atoms with Gasteiger partial charge in [0.05, 0.1) is 16.1 Å². The van der Waals surface area contributed by atoms with Gasteiger partial charge in [0.2, 0.25) is 0 Å². The Balaban J connectivity index is 2.58. The van der Waals surface area contributed by atoms with Gasteiger partial charge in [0, 0.05) is 6.07 Å². The van der Waals surface area contributed by atoms with Crippen LogP contribution in [0.4, 0.5) is 5.69 Å². The molecule has 0 radical (unpaired) electrons. The van der Waals surface area contributed by atoms with E-state index in [1.807, 2.05) is 0 Å². The lowest BCUT2D eigenvalue weighted by molar-refractivity contribution is -0.384. The van der Waals surface area contributed by atoms with E-state index in [0.717, 1.165) is 0 Å². The van der Waals surface area contributed by atoms with Gasteiger partial charge in [-0.25, -0.2) is 4.79 Å². The standard InChI is InChI=1S/C13H9NO4/c15-13(16)10-5-3-4-9(8-10)11-6-1-2-7-12(11)14(17)18/h1-8H,(H,15,16). The third-order valence-corrected chi connectivity index (χ3v) is 2.52. The van der Waals surface area contributed by atoms with Gasteiger partial charge >= 0.3 is 5.97 Å². The highest BCUT2D eigenvalue weighted by Gasteiger charge is 2.15. The summed E-state index contributed by atoms with van der Waals surface area (Å²) in [4.78, 5) is 21.3. The lowest BCUT2D eigenvalue weighted by atomic mass is 10.0. The number of nitro groups is 1. The first-order valence-corrected chi connectivity index (χ1v) is 5.17. The summed E-state index contributed by atoms with van der Waals surface area (Å²) >= 11 is 0. The van der Waals surface area contributed by atoms with Crippen molar-refractivity contribution >= 4 is 11.7 Å². The van der Waals surface area contributed by atoms with Gasteiger partial charge < -0.3 is 5.11 Å². The number of nitrogens with zero attached hydrogens (tertiary/aromatic N) is 1. The smallest absolute Gasteiger partial charge is 0.335 e. The summed E-state index contributed by atoms with van der Waals surface area (Å²) in [5.41, 5.74) is 0.985. The second-order valence-electron chi connectivity index (χ2n) is 3.66. The number of carboxylic acids is 1. The maximum Gasteiger partial charge on any atom is 0.335 e. The highest BCUT2D eigenvalue weighted by molar-refractivity contribution is 5.90. The van der Waals surface area contributed by atoms with E-state index in [-0.39, 0.29) is 11.3 Å². The molecule has 1 N–H and O–H groups in total. The number of benzene rings is 2. The topological polar surface area (TPSA) is 80.4 Å². The lowest BCUT2D eigenvalue weighted by Gasteiger charge is -2.03.